The largest absolute Gasteiger partial charge is 0.333 e. The minimum Gasteiger partial charge on any atom is -0.333 e. The Balaban J connectivity index is 1.78. The number of imidazole rings is 1. The van der Waals surface area contributed by atoms with Crippen molar-refractivity contribution in [2.45, 2.75) is 64.1 Å². The lowest BCUT2D eigenvalue weighted by Crippen LogP contribution is -2.36. The van der Waals surface area contributed by atoms with Crippen LogP contribution < -0.4 is 5.32 Å². The van der Waals surface area contributed by atoms with Gasteiger partial charge in [-0.15, -0.1) is 0 Å². The molecular weight excluding hydrogens is 260 g/mol. The molecule has 0 radical (unpaired) electrons. The molecule has 1 aromatic rings. The van der Waals surface area contributed by atoms with Crippen LogP contribution in [0.15, 0.2) is 12.5 Å². The molecule has 0 aromatic carbocycles. The molecule has 2 aliphatic rings. The summed E-state index contributed by atoms with van der Waals surface area (Å²) in [5.74, 6) is 0.713. The summed E-state index contributed by atoms with van der Waals surface area (Å²) < 4.78 is 2.37. The Hall–Kier alpha value is -0.870. The van der Waals surface area contributed by atoms with Crippen LogP contribution in [0.3, 0.4) is 0 Å². The summed E-state index contributed by atoms with van der Waals surface area (Å²) in [5.41, 5.74) is 1.42. The fourth-order valence-corrected chi connectivity index (χ4v) is 3.72. The summed E-state index contributed by atoms with van der Waals surface area (Å²) in [6.45, 7) is 5.70. The number of hydrogen-bond acceptors (Lipinski definition) is 3. The first kappa shape index (κ1) is 15.0. The van der Waals surface area contributed by atoms with E-state index in [1.54, 1.807) is 0 Å². The molecular formula is C17H30N4. The molecule has 0 amide bonds. The van der Waals surface area contributed by atoms with Crippen LogP contribution in [0.5, 0.6) is 0 Å². The summed E-state index contributed by atoms with van der Waals surface area (Å²) in [7, 11) is 2.30. The highest BCUT2D eigenvalue weighted by Crippen LogP contribution is 2.34. The van der Waals surface area contributed by atoms with E-state index in [0.29, 0.717) is 12.0 Å². The number of aryl methyl sites for hydroxylation is 1. The van der Waals surface area contributed by atoms with Gasteiger partial charge in [0, 0.05) is 25.3 Å². The van der Waals surface area contributed by atoms with Crippen LogP contribution in [0.4, 0.5) is 0 Å². The van der Waals surface area contributed by atoms with E-state index >= 15 is 0 Å². The van der Waals surface area contributed by atoms with Gasteiger partial charge in [0.2, 0.25) is 0 Å². The van der Waals surface area contributed by atoms with Gasteiger partial charge in [-0.3, -0.25) is 4.90 Å². The Morgan fingerprint density at radius 1 is 1.29 bits per heavy atom. The Kier molecular flexibility index (Phi) is 4.96. The van der Waals surface area contributed by atoms with E-state index in [4.69, 9.17) is 0 Å². The van der Waals surface area contributed by atoms with E-state index in [1.165, 1.54) is 50.8 Å². The summed E-state index contributed by atoms with van der Waals surface area (Å²) >= 11 is 0. The first-order valence-corrected chi connectivity index (χ1v) is 8.73. The maximum Gasteiger partial charge on any atom is 0.0948 e. The van der Waals surface area contributed by atoms with Gasteiger partial charge < -0.3 is 9.88 Å². The highest BCUT2D eigenvalue weighted by Gasteiger charge is 2.32. The van der Waals surface area contributed by atoms with Crippen molar-refractivity contribution in [3.05, 3.63) is 18.2 Å². The highest BCUT2D eigenvalue weighted by molar-refractivity contribution is 5.09. The van der Waals surface area contributed by atoms with Crippen molar-refractivity contribution in [3.63, 3.8) is 0 Å². The molecule has 2 atom stereocenters. The van der Waals surface area contributed by atoms with Gasteiger partial charge in [0.1, 0.15) is 0 Å². The minimum atomic E-state index is 0.521. The van der Waals surface area contributed by atoms with Crippen LogP contribution in [0.1, 0.15) is 57.2 Å². The van der Waals surface area contributed by atoms with Gasteiger partial charge in [-0.2, -0.15) is 0 Å². The van der Waals surface area contributed by atoms with Crippen molar-refractivity contribution in [2.75, 3.05) is 20.1 Å². The highest BCUT2D eigenvalue weighted by atomic mass is 15.2. The van der Waals surface area contributed by atoms with Crippen molar-refractivity contribution in [3.8, 4) is 0 Å². The molecule has 0 spiro atoms. The maximum absolute atomic E-state index is 4.44. The number of likely N-dealkylation sites (tertiary alicyclic amines) is 1. The van der Waals surface area contributed by atoms with Crippen molar-refractivity contribution < 1.29 is 0 Å². The van der Waals surface area contributed by atoms with Crippen molar-refractivity contribution in [1.82, 2.24) is 19.8 Å². The van der Waals surface area contributed by atoms with Crippen LogP contribution >= 0.6 is 0 Å². The number of rotatable bonds is 6. The van der Waals surface area contributed by atoms with Crippen molar-refractivity contribution >= 4 is 0 Å². The summed E-state index contributed by atoms with van der Waals surface area (Å²) in [4.78, 5) is 7.00. The van der Waals surface area contributed by atoms with Crippen LogP contribution in [-0.2, 0) is 6.54 Å². The normalized spacial score (nSPS) is 27.7. The SMILES string of the molecule is CCCn1cncc1C1C(CNC2CC2)CCCCN1C. The molecule has 1 aromatic heterocycles. The lowest BCUT2D eigenvalue weighted by Gasteiger charge is -2.33. The predicted molar refractivity (Wildman–Crippen MR) is 86.3 cm³/mol. The number of hydrogen-bond donors (Lipinski definition) is 1. The van der Waals surface area contributed by atoms with Crippen LogP contribution in [0, 0.1) is 5.92 Å². The van der Waals surface area contributed by atoms with Crippen molar-refractivity contribution in [1.29, 1.82) is 0 Å². The Morgan fingerprint density at radius 2 is 2.14 bits per heavy atom. The first-order chi connectivity index (χ1) is 10.3. The number of nitrogens with zero attached hydrogens (tertiary/aromatic N) is 3. The molecule has 2 unspecified atom stereocenters. The van der Waals surface area contributed by atoms with Crippen LogP contribution in [0.2, 0.25) is 0 Å². The van der Waals surface area contributed by atoms with Gasteiger partial charge in [-0.25, -0.2) is 4.98 Å². The van der Waals surface area contributed by atoms with E-state index in [-0.39, 0.29) is 0 Å². The van der Waals surface area contributed by atoms with Crippen LogP contribution in [-0.4, -0.2) is 40.6 Å². The monoisotopic (exact) mass is 290 g/mol. The third-order valence-corrected chi connectivity index (χ3v) is 5.02. The van der Waals surface area contributed by atoms with Gasteiger partial charge in [0.15, 0.2) is 0 Å². The van der Waals surface area contributed by atoms with Gasteiger partial charge in [0.05, 0.1) is 18.1 Å². The lowest BCUT2D eigenvalue weighted by molar-refractivity contribution is 0.180. The van der Waals surface area contributed by atoms with Gasteiger partial charge in [0.25, 0.3) is 0 Å². The zero-order chi connectivity index (χ0) is 14.7. The zero-order valence-corrected chi connectivity index (χ0v) is 13.6. The zero-order valence-electron chi connectivity index (χ0n) is 13.6. The molecule has 4 heteroatoms. The summed E-state index contributed by atoms with van der Waals surface area (Å²) in [6.07, 6.45) is 12.1. The Bertz CT molecular complexity index is 438. The standard InChI is InChI=1S/C17H30N4/c1-3-9-21-13-18-12-16(21)17-14(11-19-15-7-8-15)6-4-5-10-20(17)2/h12-15,17,19H,3-11H2,1-2H3. The quantitative estimate of drug-likeness (QED) is 0.874. The van der Waals surface area contributed by atoms with E-state index in [9.17, 15) is 0 Å². The molecule has 1 saturated heterocycles. The third kappa shape index (κ3) is 3.67. The lowest BCUT2D eigenvalue weighted by atomic mass is 9.92. The van der Waals surface area contributed by atoms with E-state index in [0.717, 1.165) is 19.1 Å². The maximum atomic E-state index is 4.44. The van der Waals surface area contributed by atoms with Gasteiger partial charge in [-0.05, 0) is 51.6 Å². The second-order valence-corrected chi connectivity index (χ2v) is 6.88. The van der Waals surface area contributed by atoms with Gasteiger partial charge in [-0.1, -0.05) is 13.3 Å². The minimum absolute atomic E-state index is 0.521. The average Bonchev–Trinajstić information content (AvgIpc) is 3.23. The van der Waals surface area contributed by atoms with E-state index < -0.39 is 0 Å². The molecule has 118 valence electrons. The molecule has 1 aliphatic carbocycles. The molecule has 21 heavy (non-hydrogen) atoms. The topological polar surface area (TPSA) is 33.1 Å². The predicted octanol–water partition coefficient (Wildman–Crippen LogP) is 2.82. The molecule has 4 nitrogen and oxygen atoms in total. The van der Waals surface area contributed by atoms with Crippen LogP contribution in [0.25, 0.3) is 0 Å². The second kappa shape index (κ2) is 6.93. The molecule has 1 saturated carbocycles. The van der Waals surface area contributed by atoms with Crippen molar-refractivity contribution in [2.24, 2.45) is 5.92 Å². The third-order valence-electron chi connectivity index (χ3n) is 5.02. The number of nitrogens with one attached hydrogen (secondary N) is 1. The van der Waals surface area contributed by atoms with E-state index in [2.05, 4.69) is 39.9 Å². The Morgan fingerprint density at radius 3 is 2.90 bits per heavy atom. The summed E-state index contributed by atoms with van der Waals surface area (Å²) in [5, 5.41) is 3.76. The fraction of sp³-hybridized carbons (Fsp3) is 0.824. The second-order valence-electron chi connectivity index (χ2n) is 6.88. The first-order valence-electron chi connectivity index (χ1n) is 8.73. The average molecular weight is 290 g/mol. The van der Waals surface area contributed by atoms with E-state index in [1.807, 2.05) is 6.33 Å². The molecule has 0 bridgehead atoms. The molecule has 2 fully saturated rings. The fourth-order valence-electron chi connectivity index (χ4n) is 3.72. The summed E-state index contributed by atoms with van der Waals surface area (Å²) in [6, 6.07) is 1.33. The Labute approximate surface area is 128 Å². The molecule has 1 N–H and O–H groups in total. The molecule has 2 heterocycles. The smallest absolute Gasteiger partial charge is 0.0948 e. The molecule has 3 rings (SSSR count). The van der Waals surface area contributed by atoms with Gasteiger partial charge >= 0.3 is 0 Å². The number of aromatic nitrogens is 2. The molecule has 1 aliphatic heterocycles.